The highest BCUT2D eigenvalue weighted by atomic mass is 15.4. The second kappa shape index (κ2) is 8.25. The van der Waals surface area contributed by atoms with Crippen LogP contribution in [0.3, 0.4) is 0 Å². The number of rotatable bonds is 7. The van der Waals surface area contributed by atoms with Gasteiger partial charge in [-0.05, 0) is 44.8 Å². The second-order valence-corrected chi connectivity index (χ2v) is 5.23. The highest BCUT2D eigenvalue weighted by Crippen LogP contribution is 2.17. The van der Waals surface area contributed by atoms with E-state index in [1.165, 1.54) is 0 Å². The summed E-state index contributed by atoms with van der Waals surface area (Å²) in [6, 6.07) is 0. The summed E-state index contributed by atoms with van der Waals surface area (Å²) in [7, 11) is 1.89. The fourth-order valence-electron chi connectivity index (χ4n) is 2.01. The van der Waals surface area contributed by atoms with E-state index in [9.17, 15) is 0 Å². The molecule has 4 heteroatoms. The Morgan fingerprint density at radius 2 is 2.29 bits per heavy atom. The molecule has 1 rings (SSSR count). The van der Waals surface area contributed by atoms with Gasteiger partial charge in [-0.2, -0.15) is 5.10 Å². The van der Waals surface area contributed by atoms with E-state index in [-0.39, 0.29) is 0 Å². The van der Waals surface area contributed by atoms with E-state index >= 15 is 0 Å². The maximum absolute atomic E-state index is 4.44. The topological polar surface area (TPSA) is 40.0 Å². The van der Waals surface area contributed by atoms with Crippen molar-refractivity contribution in [3.05, 3.63) is 48.6 Å². The molecule has 0 aliphatic carbocycles. The summed E-state index contributed by atoms with van der Waals surface area (Å²) in [5, 5.41) is 9.44. The molecule has 1 atom stereocenters. The van der Waals surface area contributed by atoms with E-state index in [4.69, 9.17) is 0 Å². The SMILES string of the molecule is C=C/C=C(/C(=C)NC1=CCC(CC)C=N1)N(C)N=C(C)C. The molecule has 0 spiro atoms. The van der Waals surface area contributed by atoms with Crippen molar-refractivity contribution in [2.24, 2.45) is 16.0 Å². The number of hydrogen-bond donors (Lipinski definition) is 1. The van der Waals surface area contributed by atoms with E-state index in [2.05, 4.69) is 41.6 Å². The Morgan fingerprint density at radius 3 is 2.76 bits per heavy atom. The first-order valence-corrected chi connectivity index (χ1v) is 7.26. The quantitative estimate of drug-likeness (QED) is 0.439. The van der Waals surface area contributed by atoms with Gasteiger partial charge >= 0.3 is 0 Å². The van der Waals surface area contributed by atoms with Gasteiger partial charge in [0, 0.05) is 19.0 Å². The largest absolute Gasteiger partial charge is 0.339 e. The van der Waals surface area contributed by atoms with E-state index < -0.39 is 0 Å². The zero-order chi connectivity index (χ0) is 15.8. The number of nitrogens with one attached hydrogen (secondary N) is 1. The molecule has 1 aliphatic heterocycles. The van der Waals surface area contributed by atoms with Crippen LogP contribution in [0.1, 0.15) is 33.6 Å². The Hall–Kier alpha value is -2.10. The fraction of sp³-hybridized carbons (Fsp3) is 0.412. The van der Waals surface area contributed by atoms with Crippen LogP contribution in [0, 0.1) is 5.92 Å². The summed E-state index contributed by atoms with van der Waals surface area (Å²) >= 11 is 0. The zero-order valence-electron chi connectivity index (χ0n) is 13.6. The first-order chi connectivity index (χ1) is 9.97. The van der Waals surface area contributed by atoms with Crippen molar-refractivity contribution in [3.63, 3.8) is 0 Å². The van der Waals surface area contributed by atoms with Crippen molar-refractivity contribution in [2.75, 3.05) is 7.05 Å². The van der Waals surface area contributed by atoms with Crippen molar-refractivity contribution < 1.29 is 0 Å². The smallest absolute Gasteiger partial charge is 0.125 e. The Labute approximate surface area is 128 Å². The first kappa shape index (κ1) is 17.0. The highest BCUT2D eigenvalue weighted by Gasteiger charge is 2.12. The fourth-order valence-corrected chi connectivity index (χ4v) is 2.01. The Bertz CT molecular complexity index is 505. The predicted molar refractivity (Wildman–Crippen MR) is 92.1 cm³/mol. The van der Waals surface area contributed by atoms with Gasteiger partial charge in [0.2, 0.25) is 0 Å². The molecule has 0 aromatic heterocycles. The highest BCUT2D eigenvalue weighted by molar-refractivity contribution is 5.78. The third-order valence-corrected chi connectivity index (χ3v) is 3.13. The van der Waals surface area contributed by atoms with Gasteiger partial charge in [0.1, 0.15) is 5.82 Å². The molecule has 1 aliphatic rings. The lowest BCUT2D eigenvalue weighted by atomic mass is 10.0. The Balaban J connectivity index is 2.78. The van der Waals surface area contributed by atoms with Crippen LogP contribution < -0.4 is 5.32 Å². The standard InChI is InChI=1S/C17H26N4/c1-7-9-16(21(6)20-13(3)4)14(5)19-17-11-10-15(8-2)12-18-17/h7,9,11-12,15,19H,1,5,8,10H2,2-4,6H3/b16-9-. The summed E-state index contributed by atoms with van der Waals surface area (Å²) in [6.45, 7) is 13.9. The monoisotopic (exact) mass is 286 g/mol. The third-order valence-electron chi connectivity index (χ3n) is 3.13. The molecular formula is C17H26N4. The van der Waals surface area contributed by atoms with E-state index in [1.807, 2.05) is 33.2 Å². The average molecular weight is 286 g/mol. The van der Waals surface area contributed by atoms with Gasteiger partial charge in [-0.1, -0.05) is 26.2 Å². The predicted octanol–water partition coefficient (Wildman–Crippen LogP) is 3.83. The summed E-state index contributed by atoms with van der Waals surface area (Å²) in [5.41, 5.74) is 2.58. The van der Waals surface area contributed by atoms with Crippen LogP contribution in [-0.2, 0) is 0 Å². The van der Waals surface area contributed by atoms with Crippen LogP contribution in [-0.4, -0.2) is 24.0 Å². The van der Waals surface area contributed by atoms with Crippen molar-refractivity contribution in [3.8, 4) is 0 Å². The maximum atomic E-state index is 4.44. The number of hydrogen-bond acceptors (Lipinski definition) is 4. The van der Waals surface area contributed by atoms with Crippen LogP contribution in [0.2, 0.25) is 0 Å². The molecule has 0 radical (unpaired) electrons. The summed E-state index contributed by atoms with van der Waals surface area (Å²) < 4.78 is 0. The maximum Gasteiger partial charge on any atom is 0.125 e. The Morgan fingerprint density at radius 1 is 1.57 bits per heavy atom. The molecule has 4 nitrogen and oxygen atoms in total. The van der Waals surface area contributed by atoms with Crippen molar-refractivity contribution in [1.82, 2.24) is 10.3 Å². The molecule has 0 amide bonds. The molecule has 0 aromatic rings. The minimum Gasteiger partial charge on any atom is -0.339 e. The molecule has 0 saturated heterocycles. The third kappa shape index (κ3) is 5.42. The molecule has 0 bridgehead atoms. The minimum atomic E-state index is 0.544. The molecule has 0 saturated carbocycles. The Kier molecular flexibility index (Phi) is 6.66. The molecule has 1 N–H and O–H groups in total. The van der Waals surface area contributed by atoms with Crippen LogP contribution in [0.25, 0.3) is 0 Å². The lowest BCUT2D eigenvalue weighted by molar-refractivity contribution is 0.448. The average Bonchev–Trinajstić information content (AvgIpc) is 2.44. The molecule has 21 heavy (non-hydrogen) atoms. The number of likely N-dealkylation sites (N-methyl/N-ethyl adjacent to an activating group) is 1. The van der Waals surface area contributed by atoms with Crippen LogP contribution in [0.15, 0.2) is 58.7 Å². The summed E-state index contributed by atoms with van der Waals surface area (Å²) in [4.78, 5) is 4.44. The van der Waals surface area contributed by atoms with E-state index in [0.717, 1.165) is 35.8 Å². The van der Waals surface area contributed by atoms with Gasteiger partial charge in [0.25, 0.3) is 0 Å². The number of aliphatic imine (C=N–C) groups is 1. The molecular weight excluding hydrogens is 260 g/mol. The molecule has 0 fully saturated rings. The van der Waals surface area contributed by atoms with E-state index in [1.54, 1.807) is 11.1 Å². The summed E-state index contributed by atoms with van der Waals surface area (Å²) in [6.07, 6.45) is 9.85. The second-order valence-electron chi connectivity index (χ2n) is 5.23. The van der Waals surface area contributed by atoms with Crippen molar-refractivity contribution in [2.45, 2.75) is 33.6 Å². The van der Waals surface area contributed by atoms with Gasteiger partial charge in [-0.25, -0.2) is 4.99 Å². The summed E-state index contributed by atoms with van der Waals surface area (Å²) in [5.74, 6) is 1.38. The van der Waals surface area contributed by atoms with Gasteiger partial charge in [0.05, 0.1) is 11.4 Å². The normalized spacial score (nSPS) is 17.8. The van der Waals surface area contributed by atoms with Gasteiger partial charge in [0.15, 0.2) is 0 Å². The lowest BCUT2D eigenvalue weighted by Gasteiger charge is -2.22. The van der Waals surface area contributed by atoms with Gasteiger partial charge in [-0.15, -0.1) is 0 Å². The minimum absolute atomic E-state index is 0.544. The van der Waals surface area contributed by atoms with E-state index in [0.29, 0.717) is 5.92 Å². The molecule has 1 unspecified atom stereocenters. The van der Waals surface area contributed by atoms with Crippen molar-refractivity contribution >= 4 is 11.9 Å². The van der Waals surface area contributed by atoms with Crippen LogP contribution in [0.4, 0.5) is 0 Å². The van der Waals surface area contributed by atoms with Gasteiger partial charge < -0.3 is 5.32 Å². The lowest BCUT2D eigenvalue weighted by Crippen LogP contribution is -2.22. The first-order valence-electron chi connectivity index (χ1n) is 7.26. The molecule has 114 valence electrons. The van der Waals surface area contributed by atoms with Crippen LogP contribution in [0.5, 0.6) is 0 Å². The number of nitrogens with zero attached hydrogens (tertiary/aromatic N) is 3. The van der Waals surface area contributed by atoms with Crippen molar-refractivity contribution in [1.29, 1.82) is 0 Å². The number of allylic oxidation sites excluding steroid dienone is 3. The molecule has 1 heterocycles. The van der Waals surface area contributed by atoms with Gasteiger partial charge in [-0.3, -0.25) is 5.01 Å². The van der Waals surface area contributed by atoms with Crippen LogP contribution >= 0.6 is 0 Å². The zero-order valence-corrected chi connectivity index (χ0v) is 13.6. The molecule has 0 aromatic carbocycles. The number of hydrazone groups is 1.